The molecule has 7 heteroatoms. The summed E-state index contributed by atoms with van der Waals surface area (Å²) in [7, 11) is 0. The van der Waals surface area contributed by atoms with E-state index in [1.54, 1.807) is 0 Å². The molecule has 2 atom stereocenters. The third kappa shape index (κ3) is 1.32. The summed E-state index contributed by atoms with van der Waals surface area (Å²) in [5.41, 5.74) is 0. The Kier molecular flexibility index (Phi) is 1.81. The van der Waals surface area contributed by atoms with Crippen LogP contribution in [0.4, 0.5) is 0 Å². The van der Waals surface area contributed by atoms with Gasteiger partial charge >= 0.3 is 6.04 Å². The predicted molar refractivity (Wildman–Crippen MR) is 35.3 cm³/mol. The van der Waals surface area contributed by atoms with Crippen LogP contribution >= 0.6 is 0 Å². The highest BCUT2D eigenvalue weighted by molar-refractivity contribution is 5.88. The van der Waals surface area contributed by atoms with E-state index in [1.807, 2.05) is 0 Å². The molecule has 1 rings (SSSR count). The summed E-state index contributed by atoms with van der Waals surface area (Å²) in [5.74, 6) is -0.725. The molecule has 0 aliphatic carbocycles. The van der Waals surface area contributed by atoms with Crippen molar-refractivity contribution >= 4 is 12.2 Å². The van der Waals surface area contributed by atoms with Crippen molar-refractivity contribution in [1.29, 1.82) is 0 Å². The Morgan fingerprint density at radius 2 is 2.36 bits per heavy atom. The van der Waals surface area contributed by atoms with Crippen LogP contribution in [-0.2, 0) is 0 Å². The van der Waals surface area contributed by atoms with Crippen molar-refractivity contribution < 1.29 is 15.1 Å². The first-order chi connectivity index (χ1) is 5.13. The molecule has 0 radical (unpaired) electrons. The lowest BCUT2D eigenvalue weighted by molar-refractivity contribution is -0.516. The van der Waals surface area contributed by atoms with Gasteiger partial charge in [0.2, 0.25) is 6.23 Å². The number of nitro groups is 1. The Balaban J connectivity index is 2.86. The average Bonchev–Trinajstić information content (AvgIpc) is 1.85. The highest BCUT2D eigenvalue weighted by Crippen LogP contribution is 2.04. The second-order valence-corrected chi connectivity index (χ2v) is 1.90. The molecular formula is C4H5N3O4. The molecule has 7 nitrogen and oxygen atoms in total. The molecule has 60 valence electrons. The van der Waals surface area contributed by atoms with Crippen molar-refractivity contribution in [3.8, 4) is 0 Å². The minimum absolute atomic E-state index is 0.725. The van der Waals surface area contributed by atoms with Crippen molar-refractivity contribution in [2.24, 2.45) is 9.98 Å². The molecule has 0 aromatic rings. The van der Waals surface area contributed by atoms with Crippen LogP contribution in [0.15, 0.2) is 9.98 Å². The van der Waals surface area contributed by atoms with E-state index >= 15 is 0 Å². The van der Waals surface area contributed by atoms with Crippen molar-refractivity contribution in [3.05, 3.63) is 10.1 Å². The fourth-order valence-corrected chi connectivity index (χ4v) is 0.655. The van der Waals surface area contributed by atoms with Gasteiger partial charge in [0.25, 0.3) is 5.90 Å². The zero-order valence-corrected chi connectivity index (χ0v) is 5.28. The highest BCUT2D eigenvalue weighted by Gasteiger charge is 2.37. The Morgan fingerprint density at radius 1 is 1.73 bits per heavy atom. The fourth-order valence-electron chi connectivity index (χ4n) is 0.655. The molecule has 0 saturated heterocycles. The minimum Gasteiger partial charge on any atom is -0.491 e. The molecular weight excluding hydrogens is 154 g/mol. The minimum atomic E-state index is -1.63. The van der Waals surface area contributed by atoms with Gasteiger partial charge in [0.1, 0.15) is 6.34 Å². The van der Waals surface area contributed by atoms with Crippen molar-refractivity contribution in [2.75, 3.05) is 0 Å². The fraction of sp³-hybridized carbons (Fsp3) is 0.500. The van der Waals surface area contributed by atoms with Gasteiger partial charge in [-0.15, -0.1) is 0 Å². The normalized spacial score (nSPS) is 29.7. The van der Waals surface area contributed by atoms with Crippen LogP contribution in [0.25, 0.3) is 0 Å². The molecule has 1 aliphatic heterocycles. The van der Waals surface area contributed by atoms with Crippen LogP contribution in [0.5, 0.6) is 0 Å². The number of hydrogen-bond acceptors (Lipinski definition) is 5. The van der Waals surface area contributed by atoms with E-state index in [0.717, 1.165) is 6.34 Å². The first-order valence-corrected chi connectivity index (χ1v) is 2.73. The third-order valence-corrected chi connectivity index (χ3v) is 1.18. The second-order valence-electron chi connectivity index (χ2n) is 1.90. The number of aliphatic hydroxyl groups is 2. The highest BCUT2D eigenvalue weighted by atomic mass is 16.6. The van der Waals surface area contributed by atoms with Crippen molar-refractivity contribution in [2.45, 2.75) is 12.3 Å². The van der Waals surface area contributed by atoms with Crippen LogP contribution < -0.4 is 0 Å². The predicted octanol–water partition coefficient (Wildman–Crippen LogP) is -1.05. The number of aliphatic hydroxyl groups excluding tert-OH is 2. The zero-order valence-electron chi connectivity index (χ0n) is 5.28. The molecule has 2 N–H and O–H groups in total. The molecule has 2 unspecified atom stereocenters. The molecule has 0 aromatic carbocycles. The van der Waals surface area contributed by atoms with E-state index < -0.39 is 23.1 Å². The van der Waals surface area contributed by atoms with Crippen molar-refractivity contribution in [1.82, 2.24) is 0 Å². The van der Waals surface area contributed by atoms with Gasteiger partial charge in [0.15, 0.2) is 0 Å². The first kappa shape index (κ1) is 7.61. The molecule has 0 fully saturated rings. The summed E-state index contributed by atoms with van der Waals surface area (Å²) in [6.07, 6.45) is -0.664. The van der Waals surface area contributed by atoms with E-state index in [4.69, 9.17) is 10.2 Å². The van der Waals surface area contributed by atoms with Crippen LogP contribution in [0.2, 0.25) is 0 Å². The molecule has 0 saturated carbocycles. The van der Waals surface area contributed by atoms with E-state index in [0.29, 0.717) is 0 Å². The monoisotopic (exact) mass is 159 g/mol. The summed E-state index contributed by atoms with van der Waals surface area (Å²) >= 11 is 0. The Hall–Kier alpha value is -1.50. The van der Waals surface area contributed by atoms with Gasteiger partial charge in [0, 0.05) is 4.92 Å². The standard InChI is InChI=1S/C4H5N3O4/c8-3-2(7(10)11)4(9)6-1-5-3/h1-3,8H,(H,5,6,9). The SMILES string of the molecule is O=[N+]([O-])C1C(O)=NC=NC1O. The van der Waals surface area contributed by atoms with Gasteiger partial charge in [-0.1, -0.05) is 0 Å². The van der Waals surface area contributed by atoms with E-state index in [9.17, 15) is 10.1 Å². The molecule has 11 heavy (non-hydrogen) atoms. The van der Waals surface area contributed by atoms with Gasteiger partial charge in [0.05, 0.1) is 0 Å². The average molecular weight is 159 g/mol. The molecule has 0 amide bonds. The molecule has 0 spiro atoms. The summed E-state index contributed by atoms with van der Waals surface area (Å²) in [4.78, 5) is 15.6. The summed E-state index contributed by atoms with van der Waals surface area (Å²) in [5, 5.41) is 27.7. The zero-order chi connectivity index (χ0) is 8.43. The van der Waals surface area contributed by atoms with Crippen molar-refractivity contribution in [3.63, 3.8) is 0 Å². The van der Waals surface area contributed by atoms with Gasteiger partial charge in [-0.3, -0.25) is 10.1 Å². The topological polar surface area (TPSA) is 108 Å². The molecule has 0 aromatic heterocycles. The molecule has 1 heterocycles. The van der Waals surface area contributed by atoms with Gasteiger partial charge < -0.3 is 10.2 Å². The lowest BCUT2D eigenvalue weighted by Crippen LogP contribution is -2.41. The summed E-state index contributed by atoms with van der Waals surface area (Å²) < 4.78 is 0. The van der Waals surface area contributed by atoms with Gasteiger partial charge in [-0.25, -0.2) is 4.99 Å². The maximum absolute atomic E-state index is 10.1. The summed E-state index contributed by atoms with van der Waals surface area (Å²) in [6.45, 7) is 0. The Bertz CT molecular complexity index is 235. The Morgan fingerprint density at radius 3 is 2.73 bits per heavy atom. The maximum atomic E-state index is 10.1. The number of rotatable bonds is 1. The van der Waals surface area contributed by atoms with E-state index in [2.05, 4.69) is 9.98 Å². The van der Waals surface area contributed by atoms with Crippen LogP contribution in [0.1, 0.15) is 0 Å². The lowest BCUT2D eigenvalue weighted by atomic mass is 10.2. The van der Waals surface area contributed by atoms with E-state index in [1.165, 1.54) is 0 Å². The first-order valence-electron chi connectivity index (χ1n) is 2.73. The number of nitrogens with zero attached hydrogens (tertiary/aromatic N) is 3. The molecule has 1 aliphatic rings. The van der Waals surface area contributed by atoms with Crippen LogP contribution in [-0.4, -0.2) is 39.6 Å². The number of hydrogen-bond donors (Lipinski definition) is 2. The lowest BCUT2D eigenvalue weighted by Gasteiger charge is -2.12. The third-order valence-electron chi connectivity index (χ3n) is 1.18. The largest absolute Gasteiger partial charge is 0.491 e. The molecule has 0 bridgehead atoms. The maximum Gasteiger partial charge on any atom is 0.332 e. The van der Waals surface area contributed by atoms with Crippen LogP contribution in [0.3, 0.4) is 0 Å². The Labute approximate surface area is 60.9 Å². The van der Waals surface area contributed by atoms with E-state index in [-0.39, 0.29) is 0 Å². The van der Waals surface area contributed by atoms with Gasteiger partial charge in [-0.05, 0) is 0 Å². The smallest absolute Gasteiger partial charge is 0.332 e. The van der Waals surface area contributed by atoms with Gasteiger partial charge in [-0.2, -0.15) is 4.99 Å². The quantitative estimate of drug-likeness (QED) is 0.375. The second kappa shape index (κ2) is 2.62. The number of aliphatic imine (C=N–C) groups is 2. The summed E-state index contributed by atoms with van der Waals surface area (Å²) in [6, 6.07) is -1.63. The van der Waals surface area contributed by atoms with Crippen LogP contribution in [0, 0.1) is 10.1 Å².